The van der Waals surface area contributed by atoms with Gasteiger partial charge in [0.1, 0.15) is 5.82 Å². The van der Waals surface area contributed by atoms with Crippen molar-refractivity contribution < 1.29 is 9.18 Å². The molecule has 0 saturated heterocycles. The van der Waals surface area contributed by atoms with E-state index in [-0.39, 0.29) is 10.8 Å². The van der Waals surface area contributed by atoms with Gasteiger partial charge in [-0.3, -0.25) is 4.79 Å². The van der Waals surface area contributed by atoms with Crippen molar-refractivity contribution >= 4 is 28.6 Å². The van der Waals surface area contributed by atoms with Gasteiger partial charge in [-0.2, -0.15) is 0 Å². The summed E-state index contributed by atoms with van der Waals surface area (Å²) in [6, 6.07) is 4.69. The topological polar surface area (TPSA) is 43.1 Å². The number of nitrogens with two attached hydrogens (primary N) is 1. The highest BCUT2D eigenvalue weighted by Gasteiger charge is 1.97. The first kappa shape index (κ1) is 12.8. The molecule has 0 saturated carbocycles. The summed E-state index contributed by atoms with van der Waals surface area (Å²) in [5.74, 6) is 0.351. The standard InChI is InChI=1S/C12H14FNOS/c1-9(15)16-7-3-2-4-10-5-6-12(14)11(13)8-10/h2,4-6,8H,3,7,14H2,1H3. The maximum atomic E-state index is 13.1. The number of halogens is 1. The molecule has 1 rings (SSSR count). The average Bonchev–Trinajstić information content (AvgIpc) is 2.22. The smallest absolute Gasteiger partial charge is 0.185 e. The number of anilines is 1. The molecule has 0 aliphatic carbocycles. The van der Waals surface area contributed by atoms with Gasteiger partial charge in [-0.15, -0.1) is 0 Å². The van der Waals surface area contributed by atoms with Crippen molar-refractivity contribution in [2.24, 2.45) is 0 Å². The monoisotopic (exact) mass is 239 g/mol. The summed E-state index contributed by atoms with van der Waals surface area (Å²) in [5, 5.41) is 0.118. The average molecular weight is 239 g/mol. The summed E-state index contributed by atoms with van der Waals surface area (Å²) < 4.78 is 13.1. The first-order valence-electron chi connectivity index (χ1n) is 4.94. The van der Waals surface area contributed by atoms with Crippen molar-refractivity contribution in [1.29, 1.82) is 0 Å². The van der Waals surface area contributed by atoms with E-state index >= 15 is 0 Å². The van der Waals surface area contributed by atoms with Crippen LogP contribution in [0.2, 0.25) is 0 Å². The normalized spacial score (nSPS) is 10.9. The van der Waals surface area contributed by atoms with Crippen LogP contribution in [0.1, 0.15) is 18.9 Å². The van der Waals surface area contributed by atoms with E-state index < -0.39 is 5.82 Å². The van der Waals surface area contributed by atoms with Gasteiger partial charge in [-0.05, 0) is 24.1 Å². The minimum Gasteiger partial charge on any atom is -0.396 e. The SMILES string of the molecule is CC(=O)SCCC=Cc1ccc(N)c(F)c1. The fourth-order valence-electron chi connectivity index (χ4n) is 1.14. The zero-order valence-electron chi connectivity index (χ0n) is 9.07. The molecule has 0 fully saturated rings. The van der Waals surface area contributed by atoms with E-state index in [2.05, 4.69) is 0 Å². The Morgan fingerprint density at radius 3 is 2.94 bits per heavy atom. The maximum Gasteiger partial charge on any atom is 0.185 e. The highest BCUT2D eigenvalue weighted by molar-refractivity contribution is 8.13. The van der Waals surface area contributed by atoms with Crippen LogP contribution in [0.15, 0.2) is 24.3 Å². The Morgan fingerprint density at radius 1 is 1.56 bits per heavy atom. The van der Waals surface area contributed by atoms with Gasteiger partial charge < -0.3 is 5.73 Å². The number of hydrogen-bond donors (Lipinski definition) is 1. The lowest BCUT2D eigenvalue weighted by Gasteiger charge is -1.97. The molecule has 0 spiro atoms. The number of benzene rings is 1. The second kappa shape index (κ2) is 6.33. The van der Waals surface area contributed by atoms with Crippen LogP contribution in [0.25, 0.3) is 6.08 Å². The molecule has 4 heteroatoms. The van der Waals surface area contributed by atoms with Crippen LogP contribution in [-0.2, 0) is 4.79 Å². The predicted octanol–water partition coefficient (Wildman–Crippen LogP) is 3.09. The Morgan fingerprint density at radius 2 is 2.31 bits per heavy atom. The Bertz CT molecular complexity index is 404. The number of thioether (sulfide) groups is 1. The molecule has 0 radical (unpaired) electrons. The van der Waals surface area contributed by atoms with E-state index in [1.165, 1.54) is 17.8 Å². The van der Waals surface area contributed by atoms with Crippen molar-refractivity contribution in [2.45, 2.75) is 13.3 Å². The number of hydrogen-bond acceptors (Lipinski definition) is 3. The van der Waals surface area contributed by atoms with Gasteiger partial charge in [0, 0.05) is 12.7 Å². The Balaban J connectivity index is 2.44. The molecule has 0 bridgehead atoms. The van der Waals surface area contributed by atoms with Crippen LogP contribution in [0.3, 0.4) is 0 Å². The Labute approximate surface area is 98.7 Å². The van der Waals surface area contributed by atoms with Crippen LogP contribution < -0.4 is 5.73 Å². The van der Waals surface area contributed by atoms with E-state index in [1.54, 1.807) is 19.1 Å². The van der Waals surface area contributed by atoms with E-state index in [4.69, 9.17) is 5.73 Å². The predicted molar refractivity (Wildman–Crippen MR) is 67.6 cm³/mol. The van der Waals surface area contributed by atoms with Crippen LogP contribution in [0.4, 0.5) is 10.1 Å². The highest BCUT2D eigenvalue weighted by Crippen LogP contribution is 2.13. The van der Waals surface area contributed by atoms with Crippen molar-refractivity contribution in [2.75, 3.05) is 11.5 Å². The fraction of sp³-hybridized carbons (Fsp3) is 0.250. The van der Waals surface area contributed by atoms with Gasteiger partial charge in [0.25, 0.3) is 0 Å². The van der Waals surface area contributed by atoms with Crippen molar-refractivity contribution in [1.82, 2.24) is 0 Å². The van der Waals surface area contributed by atoms with Crippen LogP contribution in [0.5, 0.6) is 0 Å². The Kier molecular flexibility index (Phi) is 5.05. The second-order valence-electron chi connectivity index (χ2n) is 3.31. The summed E-state index contributed by atoms with van der Waals surface area (Å²) in [7, 11) is 0. The minimum absolute atomic E-state index is 0.118. The third-order valence-electron chi connectivity index (χ3n) is 1.92. The number of carbonyl (C=O) groups excluding carboxylic acids is 1. The second-order valence-corrected chi connectivity index (χ2v) is 4.58. The minimum atomic E-state index is -0.403. The third-order valence-corrected chi connectivity index (χ3v) is 2.77. The first-order valence-corrected chi connectivity index (χ1v) is 5.93. The summed E-state index contributed by atoms with van der Waals surface area (Å²) >= 11 is 1.29. The molecule has 0 heterocycles. The maximum absolute atomic E-state index is 13.1. The number of allylic oxidation sites excluding steroid dienone is 1. The number of nitrogen functional groups attached to an aromatic ring is 1. The number of rotatable bonds is 4. The molecule has 1 aromatic rings. The summed E-state index contributed by atoms with van der Waals surface area (Å²) in [4.78, 5) is 10.6. The van der Waals surface area contributed by atoms with Crippen molar-refractivity contribution in [3.8, 4) is 0 Å². The lowest BCUT2D eigenvalue weighted by atomic mass is 10.2. The molecule has 2 N–H and O–H groups in total. The molecular weight excluding hydrogens is 225 g/mol. The first-order chi connectivity index (χ1) is 7.59. The quantitative estimate of drug-likeness (QED) is 0.648. The highest BCUT2D eigenvalue weighted by atomic mass is 32.2. The molecule has 1 aromatic carbocycles. The number of carbonyl (C=O) groups is 1. The molecule has 0 aromatic heterocycles. The van der Waals surface area contributed by atoms with E-state index in [0.29, 0.717) is 0 Å². The summed E-state index contributed by atoms with van der Waals surface area (Å²) in [6.07, 6.45) is 4.53. The van der Waals surface area contributed by atoms with Crippen molar-refractivity contribution in [3.63, 3.8) is 0 Å². The molecule has 0 aliphatic rings. The molecule has 0 aliphatic heterocycles. The van der Waals surface area contributed by atoms with Crippen LogP contribution in [0, 0.1) is 5.82 Å². The van der Waals surface area contributed by atoms with E-state index in [9.17, 15) is 9.18 Å². The van der Waals surface area contributed by atoms with Crippen LogP contribution >= 0.6 is 11.8 Å². The van der Waals surface area contributed by atoms with Gasteiger partial charge in [-0.1, -0.05) is 30.0 Å². The third kappa shape index (κ3) is 4.49. The lowest BCUT2D eigenvalue weighted by molar-refractivity contribution is -0.109. The van der Waals surface area contributed by atoms with Gasteiger partial charge in [0.05, 0.1) is 5.69 Å². The Hall–Kier alpha value is -1.29. The zero-order chi connectivity index (χ0) is 12.0. The van der Waals surface area contributed by atoms with Gasteiger partial charge in [-0.25, -0.2) is 4.39 Å². The van der Waals surface area contributed by atoms with Gasteiger partial charge in [0.15, 0.2) is 5.12 Å². The largest absolute Gasteiger partial charge is 0.396 e. The molecule has 16 heavy (non-hydrogen) atoms. The van der Waals surface area contributed by atoms with Gasteiger partial charge >= 0.3 is 0 Å². The van der Waals surface area contributed by atoms with Crippen molar-refractivity contribution in [3.05, 3.63) is 35.7 Å². The van der Waals surface area contributed by atoms with E-state index in [1.807, 2.05) is 12.2 Å². The summed E-state index contributed by atoms with van der Waals surface area (Å²) in [6.45, 7) is 1.55. The molecule has 0 amide bonds. The van der Waals surface area contributed by atoms with Gasteiger partial charge in [0.2, 0.25) is 0 Å². The summed E-state index contributed by atoms with van der Waals surface area (Å²) in [5.41, 5.74) is 6.29. The molecule has 0 unspecified atom stereocenters. The molecule has 2 nitrogen and oxygen atoms in total. The van der Waals surface area contributed by atoms with E-state index in [0.717, 1.165) is 17.7 Å². The molecular formula is C12H14FNOS. The fourth-order valence-corrected chi connectivity index (χ4v) is 1.68. The lowest BCUT2D eigenvalue weighted by Crippen LogP contribution is -1.89. The van der Waals surface area contributed by atoms with Crippen LogP contribution in [-0.4, -0.2) is 10.9 Å². The molecule has 86 valence electrons. The molecule has 0 atom stereocenters. The zero-order valence-corrected chi connectivity index (χ0v) is 9.89.